The van der Waals surface area contributed by atoms with Gasteiger partial charge in [0.15, 0.2) is 0 Å². The van der Waals surface area contributed by atoms with Gasteiger partial charge in [-0.25, -0.2) is 0 Å². The summed E-state index contributed by atoms with van der Waals surface area (Å²) >= 11 is -1.57. The van der Waals surface area contributed by atoms with Gasteiger partial charge in [0.2, 0.25) is 0 Å². The predicted molar refractivity (Wildman–Crippen MR) is 79.1 cm³/mol. The second kappa shape index (κ2) is 7.55. The predicted octanol–water partition coefficient (Wildman–Crippen LogP) is 4.15. The summed E-state index contributed by atoms with van der Waals surface area (Å²) < 4.78 is 6.38. The van der Waals surface area contributed by atoms with E-state index in [9.17, 15) is 0 Å². The van der Waals surface area contributed by atoms with E-state index < -0.39 is 16.5 Å². The van der Waals surface area contributed by atoms with E-state index in [4.69, 9.17) is 26.7 Å². The van der Waals surface area contributed by atoms with Crippen LogP contribution in [-0.4, -0.2) is 23.1 Å². The topological polar surface area (TPSA) is 35.2 Å². The molecule has 0 aliphatic heterocycles. The molecule has 1 heterocycles. The molecule has 0 spiro atoms. The van der Waals surface area contributed by atoms with Crippen molar-refractivity contribution in [3.63, 3.8) is 0 Å². The number of nitrogens with two attached hydrogens (primary N) is 1. The molecule has 0 saturated carbocycles. The van der Waals surface area contributed by atoms with Crippen molar-refractivity contribution in [1.82, 2.24) is 0 Å². The second-order valence-corrected chi connectivity index (χ2v) is 20.4. The quantitative estimate of drug-likeness (QED) is 0.695. The van der Waals surface area contributed by atoms with Gasteiger partial charge in [-0.3, -0.25) is 0 Å². The van der Waals surface area contributed by atoms with Crippen molar-refractivity contribution < 1.29 is 3.07 Å². The Morgan fingerprint density at radius 3 is 2.82 bits per heavy atom. The fraction of sp³-hybridized carbons (Fsp3) is 0.636. The second-order valence-electron chi connectivity index (χ2n) is 4.08. The molecule has 1 rings (SSSR count). The van der Waals surface area contributed by atoms with Crippen LogP contribution in [0.25, 0.3) is 0 Å². The Morgan fingerprint density at radius 2 is 2.24 bits per heavy atom. The van der Waals surface area contributed by atoms with Crippen LogP contribution in [0.15, 0.2) is 11.4 Å². The van der Waals surface area contributed by atoms with Crippen molar-refractivity contribution in [2.24, 2.45) is 5.73 Å². The first-order valence-corrected chi connectivity index (χ1v) is 17.1. The van der Waals surface area contributed by atoms with Gasteiger partial charge in [0.25, 0.3) is 0 Å². The van der Waals surface area contributed by atoms with E-state index in [1.807, 2.05) is 6.92 Å². The normalized spacial score (nSPS) is 13.9. The maximum absolute atomic E-state index is 6.29. The molecule has 1 atom stereocenters. The molecule has 0 radical (unpaired) electrons. The van der Waals surface area contributed by atoms with E-state index in [0.29, 0.717) is 6.61 Å². The number of halogens is 2. The van der Waals surface area contributed by atoms with Crippen molar-refractivity contribution in [2.75, 3.05) is 6.61 Å². The fourth-order valence-electron chi connectivity index (χ4n) is 1.56. The van der Waals surface area contributed by atoms with Crippen LogP contribution in [0.2, 0.25) is 4.44 Å². The van der Waals surface area contributed by atoms with Crippen LogP contribution in [0.1, 0.15) is 36.8 Å². The molecule has 98 valence electrons. The molecule has 2 N–H and O–H groups in total. The zero-order valence-electron chi connectivity index (χ0n) is 10.2. The van der Waals surface area contributed by atoms with Crippen LogP contribution in [0.5, 0.6) is 0 Å². The molecule has 17 heavy (non-hydrogen) atoms. The molecule has 1 aromatic heterocycles. The minimum absolute atomic E-state index is 0.0804. The van der Waals surface area contributed by atoms with Gasteiger partial charge in [0, 0.05) is 0 Å². The first kappa shape index (κ1) is 16.1. The van der Waals surface area contributed by atoms with Crippen molar-refractivity contribution in [3.05, 3.63) is 21.9 Å². The molecule has 1 unspecified atom stereocenters. The average Bonchev–Trinajstić information content (AvgIpc) is 2.72. The Morgan fingerprint density at radius 1 is 1.53 bits per heavy atom. The number of hydrogen-bond acceptors (Lipinski definition) is 3. The maximum atomic E-state index is 6.29. The molecule has 0 aromatic carbocycles. The summed E-state index contributed by atoms with van der Waals surface area (Å²) in [5.74, 6) is 0. The zero-order valence-corrected chi connectivity index (χ0v) is 15.4. The fourth-order valence-corrected chi connectivity index (χ4v) is 8.22. The SMILES string of the molecule is CCC[O][Sn]([Cl])([Cl])[CH2]Cc1ccsc1C(C)N. The van der Waals surface area contributed by atoms with E-state index in [-0.39, 0.29) is 6.04 Å². The number of thiophene rings is 1. The van der Waals surface area contributed by atoms with Crippen LogP contribution >= 0.6 is 29.2 Å². The van der Waals surface area contributed by atoms with Gasteiger partial charge in [-0.05, 0) is 0 Å². The molecule has 0 aliphatic rings. The third kappa shape index (κ3) is 5.66. The standard InChI is InChI=1S/C8H12NS.C3H7O.2ClH.Sn/c1-3-7-4-5-10-8(7)6(2)9;1-2-3-4;;;/h4-6H,1,3,9H2,2H3;2-3H2,1H3;2*1H;/q;-1;;;+3/p-2. The Labute approximate surface area is 119 Å². The molecule has 0 aliphatic carbocycles. The Hall–Kier alpha value is 0.999. The third-order valence-corrected chi connectivity index (χ3v) is 11.7. The van der Waals surface area contributed by atoms with Gasteiger partial charge in [-0.15, -0.1) is 0 Å². The zero-order chi connectivity index (χ0) is 12.9. The van der Waals surface area contributed by atoms with Crippen molar-refractivity contribution in [1.29, 1.82) is 0 Å². The number of aryl methyl sites for hydroxylation is 1. The van der Waals surface area contributed by atoms with Crippen molar-refractivity contribution in [3.8, 4) is 0 Å². The van der Waals surface area contributed by atoms with E-state index in [0.717, 1.165) is 17.3 Å². The minimum atomic E-state index is -3.27. The molecule has 0 amide bonds. The average molecular weight is 403 g/mol. The summed E-state index contributed by atoms with van der Waals surface area (Å²) in [6, 6.07) is 2.19. The monoisotopic (exact) mass is 403 g/mol. The van der Waals surface area contributed by atoms with Crippen molar-refractivity contribution >= 4 is 45.7 Å². The molecule has 1 aromatic rings. The van der Waals surface area contributed by atoms with Gasteiger partial charge < -0.3 is 0 Å². The van der Waals surface area contributed by atoms with Gasteiger partial charge in [-0.2, -0.15) is 0 Å². The van der Waals surface area contributed by atoms with E-state index >= 15 is 0 Å². The molecule has 0 fully saturated rings. The van der Waals surface area contributed by atoms with Crippen LogP contribution < -0.4 is 5.73 Å². The van der Waals surface area contributed by atoms with Gasteiger partial charge in [0.1, 0.15) is 0 Å². The summed E-state index contributed by atoms with van der Waals surface area (Å²) in [6.45, 7) is 4.73. The molecular weight excluding hydrogens is 384 g/mol. The molecule has 6 heteroatoms. The van der Waals surface area contributed by atoms with E-state index in [1.165, 1.54) is 10.4 Å². The summed E-state index contributed by atoms with van der Waals surface area (Å²) in [5.41, 5.74) is 7.18. The number of hydrogen-bond donors (Lipinski definition) is 1. The van der Waals surface area contributed by atoms with Crippen LogP contribution in [0.4, 0.5) is 0 Å². The van der Waals surface area contributed by atoms with E-state index in [1.54, 1.807) is 11.3 Å². The van der Waals surface area contributed by atoms with Gasteiger partial charge in [0.05, 0.1) is 0 Å². The number of rotatable bonds is 7. The van der Waals surface area contributed by atoms with E-state index in [2.05, 4.69) is 18.4 Å². The van der Waals surface area contributed by atoms with Gasteiger partial charge in [-0.1, -0.05) is 0 Å². The first-order valence-electron chi connectivity index (χ1n) is 5.80. The summed E-state index contributed by atoms with van der Waals surface area (Å²) in [5, 5.41) is 2.07. The van der Waals surface area contributed by atoms with Gasteiger partial charge >= 0.3 is 120 Å². The summed E-state index contributed by atoms with van der Waals surface area (Å²) in [4.78, 5) is 1.23. The molecule has 2 nitrogen and oxygen atoms in total. The Kier molecular flexibility index (Phi) is 7.13. The van der Waals surface area contributed by atoms with Crippen LogP contribution in [0, 0.1) is 0 Å². The molecule has 0 bridgehead atoms. The summed E-state index contributed by atoms with van der Waals surface area (Å²) in [6.07, 6.45) is 1.84. The molecular formula is C11H19Cl2NOSSn. The van der Waals surface area contributed by atoms with Crippen LogP contribution in [0.3, 0.4) is 0 Å². The first-order chi connectivity index (χ1) is 7.96. The molecule has 0 saturated heterocycles. The Balaban J connectivity index is 2.52. The summed E-state index contributed by atoms with van der Waals surface area (Å²) in [7, 11) is 12.6. The third-order valence-electron chi connectivity index (χ3n) is 2.40. The Bertz CT molecular complexity index is 344. The van der Waals surface area contributed by atoms with Crippen molar-refractivity contribution in [2.45, 2.75) is 37.2 Å². The van der Waals surface area contributed by atoms with Crippen LogP contribution in [-0.2, 0) is 9.49 Å².